The number of carbonyl (C=O) groups is 1. The van der Waals surface area contributed by atoms with E-state index in [4.69, 9.17) is 5.26 Å². The molecule has 1 atom stereocenters. The molecule has 0 radical (unpaired) electrons. The van der Waals surface area contributed by atoms with Gasteiger partial charge in [-0.2, -0.15) is 5.26 Å². The fourth-order valence-corrected chi connectivity index (χ4v) is 1.89. The molecule has 5 nitrogen and oxygen atoms in total. The van der Waals surface area contributed by atoms with Gasteiger partial charge in [-0.05, 0) is 24.6 Å². The Bertz CT molecular complexity index is 570. The Labute approximate surface area is 106 Å². The summed E-state index contributed by atoms with van der Waals surface area (Å²) >= 11 is 0. The molecule has 0 aromatic heterocycles. The van der Waals surface area contributed by atoms with Crippen molar-refractivity contribution in [3.8, 4) is 6.07 Å². The van der Waals surface area contributed by atoms with Gasteiger partial charge in [0, 0.05) is 12.8 Å². The Kier molecular flexibility index (Phi) is 4.45. The van der Waals surface area contributed by atoms with Crippen molar-refractivity contribution in [1.82, 2.24) is 5.32 Å². The van der Waals surface area contributed by atoms with Gasteiger partial charge in [-0.3, -0.25) is 4.79 Å². The lowest BCUT2D eigenvalue weighted by Crippen LogP contribution is -2.27. The predicted octanol–water partition coefficient (Wildman–Crippen LogP) is 0.866. The van der Waals surface area contributed by atoms with E-state index in [0.717, 1.165) is 11.8 Å². The lowest BCUT2D eigenvalue weighted by atomic mass is 10.2. The molecule has 6 heteroatoms. The van der Waals surface area contributed by atoms with Gasteiger partial charge in [-0.15, -0.1) is 0 Å². The Balaban J connectivity index is 2.66. The van der Waals surface area contributed by atoms with E-state index in [9.17, 15) is 13.2 Å². The summed E-state index contributed by atoms with van der Waals surface area (Å²) in [7, 11) is -3.20. The predicted molar refractivity (Wildman–Crippen MR) is 66.2 cm³/mol. The van der Waals surface area contributed by atoms with Crippen LogP contribution in [0.5, 0.6) is 0 Å². The summed E-state index contributed by atoms with van der Waals surface area (Å²) in [5.41, 5.74) is 0.779. The Morgan fingerprint density at radius 2 is 1.94 bits per heavy atom. The molecular formula is C12H14N2O3S. The van der Waals surface area contributed by atoms with Crippen molar-refractivity contribution in [2.45, 2.75) is 18.4 Å². The second-order valence-electron chi connectivity index (χ2n) is 3.98. The van der Waals surface area contributed by atoms with Gasteiger partial charge in [0.25, 0.3) is 0 Å². The number of nitrogens with zero attached hydrogens (tertiary/aromatic N) is 1. The fourth-order valence-electron chi connectivity index (χ4n) is 1.26. The van der Waals surface area contributed by atoms with Crippen molar-refractivity contribution in [2.24, 2.45) is 5.92 Å². The van der Waals surface area contributed by atoms with Crippen LogP contribution in [0.25, 0.3) is 0 Å². The number of hydrogen-bond acceptors (Lipinski definition) is 4. The molecule has 0 fully saturated rings. The summed E-state index contributed by atoms with van der Waals surface area (Å²) in [4.78, 5) is 11.6. The summed E-state index contributed by atoms with van der Waals surface area (Å²) in [5, 5.41) is 11.1. The van der Waals surface area contributed by atoms with E-state index in [2.05, 4.69) is 5.32 Å². The topological polar surface area (TPSA) is 87.0 Å². The van der Waals surface area contributed by atoms with Crippen LogP contribution in [-0.2, 0) is 21.2 Å². The summed E-state index contributed by atoms with van der Waals surface area (Å²) in [6.45, 7) is 1.79. The molecule has 1 unspecified atom stereocenters. The third-order valence-electron chi connectivity index (χ3n) is 2.41. The second kappa shape index (κ2) is 5.65. The molecule has 0 aliphatic rings. The first-order chi connectivity index (χ1) is 8.34. The van der Waals surface area contributed by atoms with Crippen LogP contribution in [0.4, 0.5) is 0 Å². The van der Waals surface area contributed by atoms with Crippen LogP contribution in [0.15, 0.2) is 29.2 Å². The highest BCUT2D eigenvalue weighted by Gasteiger charge is 2.11. The van der Waals surface area contributed by atoms with Gasteiger partial charge in [0.1, 0.15) is 5.92 Å². The van der Waals surface area contributed by atoms with E-state index in [1.165, 1.54) is 19.1 Å². The second-order valence-corrected chi connectivity index (χ2v) is 6.00. The average Bonchev–Trinajstić information content (AvgIpc) is 2.34. The molecular weight excluding hydrogens is 252 g/mol. The monoisotopic (exact) mass is 266 g/mol. The maximum Gasteiger partial charge on any atom is 0.237 e. The molecule has 0 saturated carbocycles. The highest BCUT2D eigenvalue weighted by atomic mass is 32.2. The van der Waals surface area contributed by atoms with Crippen LogP contribution >= 0.6 is 0 Å². The minimum atomic E-state index is -3.20. The van der Waals surface area contributed by atoms with Crippen LogP contribution in [0, 0.1) is 17.2 Å². The van der Waals surface area contributed by atoms with Crippen molar-refractivity contribution in [3.63, 3.8) is 0 Å². The number of nitrogens with one attached hydrogen (secondary N) is 1. The smallest absolute Gasteiger partial charge is 0.237 e. The first-order valence-corrected chi connectivity index (χ1v) is 7.20. The zero-order chi connectivity index (χ0) is 13.8. The molecule has 1 N–H and O–H groups in total. The molecule has 0 aliphatic carbocycles. The van der Waals surface area contributed by atoms with Crippen LogP contribution in [0.2, 0.25) is 0 Å². The van der Waals surface area contributed by atoms with Gasteiger partial charge in [0.2, 0.25) is 5.91 Å². The number of sulfone groups is 1. The Morgan fingerprint density at radius 1 is 1.39 bits per heavy atom. The largest absolute Gasteiger partial charge is 0.351 e. The number of benzene rings is 1. The Morgan fingerprint density at radius 3 is 2.39 bits per heavy atom. The standard InChI is InChI=1S/C12H14N2O3S/c1-9(7-13)12(15)14-8-10-3-5-11(6-4-10)18(2,16)17/h3-6,9H,8H2,1-2H3,(H,14,15). The highest BCUT2D eigenvalue weighted by molar-refractivity contribution is 7.90. The summed E-state index contributed by atoms with van der Waals surface area (Å²) in [6, 6.07) is 8.09. The quantitative estimate of drug-likeness (QED) is 0.875. The van der Waals surface area contributed by atoms with Crippen molar-refractivity contribution in [1.29, 1.82) is 5.26 Å². The maximum atomic E-state index is 11.3. The van der Waals surface area contributed by atoms with Crippen LogP contribution in [0.3, 0.4) is 0 Å². The molecule has 1 rings (SSSR count). The summed E-state index contributed by atoms with van der Waals surface area (Å²) in [5.74, 6) is -1.04. The van der Waals surface area contributed by atoms with Gasteiger partial charge in [0.05, 0.1) is 11.0 Å². The van der Waals surface area contributed by atoms with Crippen LogP contribution in [-0.4, -0.2) is 20.6 Å². The van der Waals surface area contributed by atoms with Gasteiger partial charge >= 0.3 is 0 Å². The van der Waals surface area contributed by atoms with Crippen LogP contribution < -0.4 is 5.32 Å². The van der Waals surface area contributed by atoms with Crippen LogP contribution in [0.1, 0.15) is 12.5 Å². The third-order valence-corrected chi connectivity index (χ3v) is 3.53. The van der Waals surface area contributed by atoms with E-state index >= 15 is 0 Å². The zero-order valence-corrected chi connectivity index (χ0v) is 11.0. The van der Waals surface area contributed by atoms with Crippen molar-refractivity contribution >= 4 is 15.7 Å². The Hall–Kier alpha value is -1.87. The number of rotatable bonds is 4. The minimum Gasteiger partial charge on any atom is -0.351 e. The summed E-state index contributed by atoms with van der Waals surface area (Å²) in [6.07, 6.45) is 1.14. The molecule has 0 aliphatic heterocycles. The number of nitriles is 1. The molecule has 0 saturated heterocycles. The van der Waals surface area contributed by atoms with E-state index < -0.39 is 15.8 Å². The van der Waals surface area contributed by atoms with E-state index in [-0.39, 0.29) is 17.3 Å². The number of carbonyl (C=O) groups excluding carboxylic acids is 1. The summed E-state index contributed by atoms with van der Waals surface area (Å²) < 4.78 is 22.5. The molecule has 1 aromatic rings. The van der Waals surface area contributed by atoms with E-state index in [1.54, 1.807) is 12.1 Å². The van der Waals surface area contributed by atoms with E-state index in [0.29, 0.717) is 0 Å². The number of hydrogen-bond donors (Lipinski definition) is 1. The zero-order valence-electron chi connectivity index (χ0n) is 10.2. The molecule has 96 valence electrons. The molecule has 0 heterocycles. The molecule has 1 aromatic carbocycles. The van der Waals surface area contributed by atoms with Crippen molar-refractivity contribution < 1.29 is 13.2 Å². The minimum absolute atomic E-state index is 0.239. The van der Waals surface area contributed by atoms with Gasteiger partial charge in [0.15, 0.2) is 9.84 Å². The molecule has 18 heavy (non-hydrogen) atoms. The lowest BCUT2D eigenvalue weighted by Gasteiger charge is -2.06. The first-order valence-electron chi connectivity index (χ1n) is 5.31. The third kappa shape index (κ3) is 3.86. The van der Waals surface area contributed by atoms with Gasteiger partial charge in [-0.25, -0.2) is 8.42 Å². The lowest BCUT2D eigenvalue weighted by molar-refractivity contribution is -0.123. The average molecular weight is 266 g/mol. The molecule has 0 spiro atoms. The van der Waals surface area contributed by atoms with Gasteiger partial charge < -0.3 is 5.32 Å². The fraction of sp³-hybridized carbons (Fsp3) is 0.333. The highest BCUT2D eigenvalue weighted by Crippen LogP contribution is 2.10. The first kappa shape index (κ1) is 14.2. The maximum absolute atomic E-state index is 11.3. The SMILES string of the molecule is CC(C#N)C(=O)NCc1ccc(S(C)(=O)=O)cc1. The molecule has 0 bridgehead atoms. The number of amides is 1. The normalized spacial score (nSPS) is 12.5. The van der Waals surface area contributed by atoms with Crippen molar-refractivity contribution in [2.75, 3.05) is 6.26 Å². The molecule has 1 amide bonds. The van der Waals surface area contributed by atoms with Crippen molar-refractivity contribution in [3.05, 3.63) is 29.8 Å². The van der Waals surface area contributed by atoms with Gasteiger partial charge in [-0.1, -0.05) is 12.1 Å². The van der Waals surface area contributed by atoms with E-state index in [1.807, 2.05) is 6.07 Å².